The van der Waals surface area contributed by atoms with Gasteiger partial charge >= 0.3 is 12.0 Å². The van der Waals surface area contributed by atoms with Gasteiger partial charge in [0.25, 0.3) is 0 Å². The first-order chi connectivity index (χ1) is 13.5. The molecule has 0 bridgehead atoms. The summed E-state index contributed by atoms with van der Waals surface area (Å²) in [5.74, 6) is -2.01. The molecule has 152 valence electrons. The van der Waals surface area contributed by atoms with Gasteiger partial charge in [-0.25, -0.2) is 4.79 Å². The summed E-state index contributed by atoms with van der Waals surface area (Å²) in [6.07, 6.45) is 3.34. The minimum absolute atomic E-state index is 0.0815. The summed E-state index contributed by atoms with van der Waals surface area (Å²) in [6, 6.07) is 8.72. The predicted octanol–water partition coefficient (Wildman–Crippen LogP) is 2.49. The van der Waals surface area contributed by atoms with E-state index in [0.717, 1.165) is 31.5 Å². The standard InChI is InChI=1S/C21H29N3O4/c1-15(20(26)27)18(16-7-3-2-4-8-16)22-19(25)17-9-13-24(14-10-17)21(28)23-11-5-6-12-23/h2-4,7-8,15,17-18H,5-6,9-14H2,1H3,(H,22,25)(H,26,27). The minimum atomic E-state index is -0.944. The van der Waals surface area contributed by atoms with Crippen molar-refractivity contribution in [2.24, 2.45) is 11.8 Å². The molecular weight excluding hydrogens is 358 g/mol. The van der Waals surface area contributed by atoms with Crippen molar-refractivity contribution in [1.29, 1.82) is 0 Å². The first kappa shape index (κ1) is 20.2. The molecule has 2 unspecified atom stereocenters. The van der Waals surface area contributed by atoms with Gasteiger partial charge in [0.05, 0.1) is 12.0 Å². The van der Waals surface area contributed by atoms with E-state index in [1.54, 1.807) is 6.92 Å². The number of carboxylic acid groups (broad SMARTS) is 1. The number of piperidine rings is 1. The van der Waals surface area contributed by atoms with Gasteiger partial charge in [-0.05, 0) is 38.2 Å². The molecule has 0 aromatic heterocycles. The van der Waals surface area contributed by atoms with Gasteiger partial charge in [0, 0.05) is 32.1 Å². The van der Waals surface area contributed by atoms with E-state index in [4.69, 9.17) is 0 Å². The van der Waals surface area contributed by atoms with E-state index in [9.17, 15) is 19.5 Å². The molecule has 2 aliphatic heterocycles. The monoisotopic (exact) mass is 387 g/mol. The molecule has 2 heterocycles. The van der Waals surface area contributed by atoms with Gasteiger partial charge in [-0.3, -0.25) is 9.59 Å². The summed E-state index contributed by atoms with van der Waals surface area (Å²) in [5, 5.41) is 12.4. The molecule has 3 amide bonds. The molecule has 0 aliphatic carbocycles. The number of carbonyl (C=O) groups is 3. The third kappa shape index (κ3) is 4.64. The number of carbonyl (C=O) groups excluding carboxylic acids is 2. The lowest BCUT2D eigenvalue weighted by molar-refractivity contribution is -0.142. The van der Waals surface area contributed by atoms with Crippen LogP contribution in [0.1, 0.15) is 44.2 Å². The second kappa shape index (κ2) is 9.08. The predicted molar refractivity (Wildman–Crippen MR) is 105 cm³/mol. The third-order valence-corrected chi connectivity index (χ3v) is 5.86. The molecule has 2 N–H and O–H groups in total. The zero-order valence-corrected chi connectivity index (χ0v) is 16.3. The molecule has 3 rings (SSSR count). The number of amides is 3. The van der Waals surface area contributed by atoms with Crippen LogP contribution in [0.2, 0.25) is 0 Å². The Bertz CT molecular complexity index is 695. The summed E-state index contributed by atoms with van der Waals surface area (Å²) in [7, 11) is 0. The largest absolute Gasteiger partial charge is 0.481 e. The molecule has 28 heavy (non-hydrogen) atoms. The lowest BCUT2D eigenvalue weighted by atomic mass is 9.91. The molecule has 1 aromatic rings. The van der Waals surface area contributed by atoms with Crippen molar-refractivity contribution >= 4 is 17.9 Å². The van der Waals surface area contributed by atoms with Crippen LogP contribution in [0.15, 0.2) is 30.3 Å². The van der Waals surface area contributed by atoms with E-state index < -0.39 is 17.9 Å². The number of hydrogen-bond donors (Lipinski definition) is 2. The van der Waals surface area contributed by atoms with Crippen LogP contribution in [-0.2, 0) is 9.59 Å². The summed E-state index contributed by atoms with van der Waals surface area (Å²) >= 11 is 0. The first-order valence-corrected chi connectivity index (χ1v) is 10.1. The third-order valence-electron chi connectivity index (χ3n) is 5.86. The van der Waals surface area contributed by atoms with Crippen LogP contribution < -0.4 is 5.32 Å². The number of hydrogen-bond acceptors (Lipinski definition) is 3. The molecule has 7 heteroatoms. The smallest absolute Gasteiger partial charge is 0.319 e. The highest BCUT2D eigenvalue weighted by Gasteiger charge is 2.33. The fraction of sp³-hybridized carbons (Fsp3) is 0.571. The highest BCUT2D eigenvalue weighted by atomic mass is 16.4. The van der Waals surface area contributed by atoms with E-state index in [2.05, 4.69) is 5.32 Å². The average Bonchev–Trinajstić information content (AvgIpc) is 3.26. The second-order valence-electron chi connectivity index (χ2n) is 7.76. The summed E-state index contributed by atoms with van der Waals surface area (Å²) in [5.41, 5.74) is 0.785. The first-order valence-electron chi connectivity index (χ1n) is 10.1. The molecule has 2 aliphatic rings. The zero-order chi connectivity index (χ0) is 20.1. The van der Waals surface area contributed by atoms with Gasteiger partial charge in [-0.1, -0.05) is 30.3 Å². The van der Waals surface area contributed by atoms with Gasteiger partial charge in [-0.2, -0.15) is 0 Å². The van der Waals surface area contributed by atoms with Crippen LogP contribution in [0, 0.1) is 11.8 Å². The summed E-state index contributed by atoms with van der Waals surface area (Å²) < 4.78 is 0. The van der Waals surface area contributed by atoms with Crippen LogP contribution in [0.4, 0.5) is 4.79 Å². The fourth-order valence-electron chi connectivity index (χ4n) is 4.01. The number of nitrogens with one attached hydrogen (secondary N) is 1. The quantitative estimate of drug-likeness (QED) is 0.812. The topological polar surface area (TPSA) is 90.0 Å². The Morgan fingerprint density at radius 1 is 1.00 bits per heavy atom. The lowest BCUT2D eigenvalue weighted by Gasteiger charge is -2.34. The Morgan fingerprint density at radius 3 is 2.14 bits per heavy atom. The van der Waals surface area contributed by atoms with Crippen LogP contribution in [0.5, 0.6) is 0 Å². The van der Waals surface area contributed by atoms with E-state index >= 15 is 0 Å². The number of likely N-dealkylation sites (tertiary alicyclic amines) is 2. The SMILES string of the molecule is CC(C(=O)O)C(NC(=O)C1CCN(C(=O)N2CCCC2)CC1)c1ccccc1. The molecule has 0 saturated carbocycles. The number of nitrogens with zero attached hydrogens (tertiary/aromatic N) is 2. The molecule has 2 fully saturated rings. The number of benzene rings is 1. The Morgan fingerprint density at radius 2 is 1.57 bits per heavy atom. The van der Waals surface area contributed by atoms with Gasteiger partial charge in [0.1, 0.15) is 0 Å². The van der Waals surface area contributed by atoms with Gasteiger partial charge < -0.3 is 20.2 Å². The van der Waals surface area contributed by atoms with Gasteiger partial charge in [0.15, 0.2) is 0 Å². The Labute approximate surface area is 165 Å². The zero-order valence-electron chi connectivity index (χ0n) is 16.3. The second-order valence-corrected chi connectivity index (χ2v) is 7.76. The molecule has 0 spiro atoms. The van der Waals surface area contributed by atoms with Crippen molar-refractivity contribution in [1.82, 2.24) is 15.1 Å². The maximum atomic E-state index is 12.8. The highest BCUT2D eigenvalue weighted by molar-refractivity contribution is 5.81. The van der Waals surface area contributed by atoms with Gasteiger partial charge in [-0.15, -0.1) is 0 Å². The van der Waals surface area contributed by atoms with Crippen LogP contribution in [0.3, 0.4) is 0 Å². The number of carboxylic acids is 1. The van der Waals surface area contributed by atoms with Crippen molar-refractivity contribution in [2.45, 2.75) is 38.6 Å². The van der Waals surface area contributed by atoms with Crippen LogP contribution in [0.25, 0.3) is 0 Å². The fourth-order valence-corrected chi connectivity index (χ4v) is 4.01. The summed E-state index contributed by atoms with van der Waals surface area (Å²) in [4.78, 5) is 40.6. The Kier molecular flexibility index (Phi) is 6.54. The summed E-state index contributed by atoms with van der Waals surface area (Å²) in [6.45, 7) is 4.39. The maximum absolute atomic E-state index is 12.8. The van der Waals surface area contributed by atoms with Crippen LogP contribution >= 0.6 is 0 Å². The number of urea groups is 1. The van der Waals surface area contributed by atoms with Crippen molar-refractivity contribution in [2.75, 3.05) is 26.2 Å². The van der Waals surface area contributed by atoms with Crippen molar-refractivity contribution in [3.63, 3.8) is 0 Å². The molecule has 7 nitrogen and oxygen atoms in total. The molecular formula is C21H29N3O4. The Balaban J connectivity index is 1.58. The van der Waals surface area contributed by atoms with Crippen molar-refractivity contribution in [3.05, 3.63) is 35.9 Å². The number of rotatable bonds is 5. The number of aliphatic carboxylic acids is 1. The Hall–Kier alpha value is -2.57. The van der Waals surface area contributed by atoms with Gasteiger partial charge in [0.2, 0.25) is 5.91 Å². The highest BCUT2D eigenvalue weighted by Crippen LogP contribution is 2.25. The lowest BCUT2D eigenvalue weighted by Crippen LogP contribution is -2.48. The van der Waals surface area contributed by atoms with E-state index in [-0.39, 0.29) is 17.9 Å². The van der Waals surface area contributed by atoms with Crippen LogP contribution in [-0.4, -0.2) is 59.0 Å². The molecule has 0 radical (unpaired) electrons. The van der Waals surface area contributed by atoms with E-state index in [1.807, 2.05) is 40.1 Å². The molecule has 1 aromatic carbocycles. The molecule has 2 atom stereocenters. The molecule has 2 saturated heterocycles. The van der Waals surface area contributed by atoms with E-state index in [1.165, 1.54) is 0 Å². The minimum Gasteiger partial charge on any atom is -0.481 e. The van der Waals surface area contributed by atoms with Crippen molar-refractivity contribution < 1.29 is 19.5 Å². The van der Waals surface area contributed by atoms with E-state index in [0.29, 0.717) is 25.9 Å². The maximum Gasteiger partial charge on any atom is 0.319 e. The average molecular weight is 387 g/mol. The normalized spacial score (nSPS) is 19.9. The van der Waals surface area contributed by atoms with Crippen molar-refractivity contribution in [3.8, 4) is 0 Å².